The van der Waals surface area contributed by atoms with Crippen molar-refractivity contribution >= 4 is 35.0 Å². The molecule has 0 N–H and O–H groups in total. The zero-order valence-corrected chi connectivity index (χ0v) is 8.25. The zero-order valence-electron chi connectivity index (χ0n) is 6.68. The minimum atomic E-state index is -4.31. The summed E-state index contributed by atoms with van der Waals surface area (Å²) in [5.74, 6) is 0. The van der Waals surface area contributed by atoms with E-state index in [0.717, 1.165) is 6.07 Å². The third-order valence-electron chi connectivity index (χ3n) is 1.70. The van der Waals surface area contributed by atoms with E-state index in [2.05, 4.69) is 4.99 Å². The maximum Gasteiger partial charge on any atom is 0.425 e. The van der Waals surface area contributed by atoms with Crippen molar-refractivity contribution in [2.45, 2.75) is 6.18 Å². The van der Waals surface area contributed by atoms with Crippen LogP contribution in [-0.4, -0.2) is 12.9 Å². The van der Waals surface area contributed by atoms with Crippen molar-refractivity contribution in [2.75, 3.05) is 11.1 Å². The van der Waals surface area contributed by atoms with E-state index in [-0.39, 0.29) is 6.67 Å². The molecule has 14 heavy (non-hydrogen) atoms. The van der Waals surface area contributed by atoms with Crippen LogP contribution in [-0.2, 0) is 6.18 Å². The molecular formula is C7H4ClF3N2S. The average molecular weight is 241 g/mol. The molecule has 2 heterocycles. The van der Waals surface area contributed by atoms with Crippen molar-refractivity contribution < 1.29 is 13.2 Å². The van der Waals surface area contributed by atoms with Crippen molar-refractivity contribution in [1.29, 1.82) is 0 Å². The fourth-order valence-electron chi connectivity index (χ4n) is 1.09. The van der Waals surface area contributed by atoms with Crippen LogP contribution in [0.5, 0.6) is 0 Å². The highest BCUT2D eigenvalue weighted by Crippen LogP contribution is 2.40. The molecule has 7 heteroatoms. The molecule has 2 nitrogen and oxygen atoms in total. The van der Waals surface area contributed by atoms with E-state index < -0.39 is 11.1 Å². The standard InChI is InChI=1S/C7H4ClF3N2S/c8-13-3-12-2-5-4(13)1-6(14-5)7(9,10)11/h1-2H,3H2. The van der Waals surface area contributed by atoms with Gasteiger partial charge in [-0.2, -0.15) is 13.2 Å². The predicted octanol–water partition coefficient (Wildman–Crippen LogP) is 3.12. The molecule has 0 fully saturated rings. The minimum Gasteiger partial charge on any atom is -0.269 e. The molecule has 1 aliphatic rings. The van der Waals surface area contributed by atoms with Crippen LogP contribution in [0, 0.1) is 0 Å². The predicted molar refractivity (Wildman–Crippen MR) is 50.1 cm³/mol. The summed E-state index contributed by atoms with van der Waals surface area (Å²) in [6.45, 7) is 0.183. The smallest absolute Gasteiger partial charge is 0.269 e. The normalized spacial score (nSPS) is 15.9. The van der Waals surface area contributed by atoms with E-state index in [0.29, 0.717) is 21.9 Å². The molecule has 0 unspecified atom stereocenters. The van der Waals surface area contributed by atoms with Gasteiger partial charge in [0.05, 0.1) is 10.6 Å². The van der Waals surface area contributed by atoms with Crippen molar-refractivity contribution in [3.63, 3.8) is 0 Å². The molecular weight excluding hydrogens is 237 g/mol. The molecule has 0 saturated heterocycles. The van der Waals surface area contributed by atoms with Crippen LogP contribution in [0.1, 0.15) is 9.75 Å². The Labute approximate surface area is 86.7 Å². The first-order valence-electron chi connectivity index (χ1n) is 3.62. The van der Waals surface area contributed by atoms with Gasteiger partial charge in [0, 0.05) is 18.0 Å². The number of nitrogens with zero attached hydrogens (tertiary/aromatic N) is 2. The van der Waals surface area contributed by atoms with Gasteiger partial charge in [-0.1, -0.05) is 0 Å². The summed E-state index contributed by atoms with van der Waals surface area (Å²) < 4.78 is 38.1. The maximum absolute atomic E-state index is 12.3. The van der Waals surface area contributed by atoms with Gasteiger partial charge in [-0.25, -0.2) is 0 Å². The van der Waals surface area contributed by atoms with Crippen molar-refractivity contribution in [3.8, 4) is 0 Å². The van der Waals surface area contributed by atoms with E-state index in [1.807, 2.05) is 0 Å². The van der Waals surface area contributed by atoms with Gasteiger partial charge in [0.1, 0.15) is 11.5 Å². The largest absolute Gasteiger partial charge is 0.425 e. The Morgan fingerprint density at radius 3 is 2.79 bits per heavy atom. The number of fused-ring (bicyclic) bond motifs is 1. The Kier molecular flexibility index (Phi) is 2.19. The van der Waals surface area contributed by atoms with Gasteiger partial charge < -0.3 is 0 Å². The second-order valence-corrected chi connectivity index (χ2v) is 4.17. The molecule has 0 atom stereocenters. The third-order valence-corrected chi connectivity index (χ3v) is 3.09. The number of anilines is 1. The molecule has 76 valence electrons. The lowest BCUT2D eigenvalue weighted by Gasteiger charge is -2.15. The molecule has 0 aromatic carbocycles. The number of halogens is 4. The lowest BCUT2D eigenvalue weighted by Crippen LogP contribution is -2.14. The summed E-state index contributed by atoms with van der Waals surface area (Å²) in [5, 5.41) is 0. The second-order valence-electron chi connectivity index (χ2n) is 2.67. The Morgan fingerprint density at radius 2 is 2.21 bits per heavy atom. The number of hydrogen-bond acceptors (Lipinski definition) is 3. The summed E-state index contributed by atoms with van der Waals surface area (Å²) in [7, 11) is 0. The maximum atomic E-state index is 12.3. The molecule has 0 spiro atoms. The first kappa shape index (κ1) is 9.79. The van der Waals surface area contributed by atoms with E-state index >= 15 is 0 Å². The first-order valence-corrected chi connectivity index (χ1v) is 4.78. The van der Waals surface area contributed by atoms with E-state index in [1.54, 1.807) is 0 Å². The first-order chi connectivity index (χ1) is 6.48. The fourth-order valence-corrected chi connectivity index (χ4v) is 2.26. The molecule has 0 amide bonds. The molecule has 0 aliphatic carbocycles. The molecule has 0 bridgehead atoms. The topological polar surface area (TPSA) is 15.6 Å². The highest BCUT2D eigenvalue weighted by molar-refractivity contribution is 7.14. The SMILES string of the molecule is FC(F)(F)c1cc2c(s1)C=NCN2Cl. The van der Waals surface area contributed by atoms with Crippen LogP contribution in [0.2, 0.25) is 0 Å². The number of alkyl halides is 3. The molecule has 1 aromatic rings. The second kappa shape index (κ2) is 3.13. The monoisotopic (exact) mass is 240 g/mol. The Balaban J connectivity index is 2.46. The van der Waals surface area contributed by atoms with E-state index in [4.69, 9.17) is 11.8 Å². The van der Waals surface area contributed by atoms with Crippen LogP contribution in [0.4, 0.5) is 18.9 Å². The van der Waals surface area contributed by atoms with Gasteiger partial charge >= 0.3 is 6.18 Å². The number of aliphatic imine (C=N–C) groups is 1. The Hall–Kier alpha value is -0.750. The Bertz CT molecular complexity index is 385. The quantitative estimate of drug-likeness (QED) is 0.636. The van der Waals surface area contributed by atoms with Crippen molar-refractivity contribution in [3.05, 3.63) is 15.8 Å². The van der Waals surface area contributed by atoms with Gasteiger partial charge in [-0.15, -0.1) is 11.3 Å². The highest BCUT2D eigenvalue weighted by atomic mass is 35.5. The summed E-state index contributed by atoms with van der Waals surface area (Å²) in [6.07, 6.45) is -2.90. The lowest BCUT2D eigenvalue weighted by molar-refractivity contribution is -0.134. The number of thiophene rings is 1. The minimum absolute atomic E-state index is 0.183. The van der Waals surface area contributed by atoms with Crippen molar-refractivity contribution in [1.82, 2.24) is 0 Å². The van der Waals surface area contributed by atoms with Crippen LogP contribution in [0.25, 0.3) is 0 Å². The lowest BCUT2D eigenvalue weighted by atomic mass is 10.3. The molecule has 0 saturated carbocycles. The van der Waals surface area contributed by atoms with Crippen LogP contribution >= 0.6 is 23.1 Å². The number of hydrogen-bond donors (Lipinski definition) is 0. The van der Waals surface area contributed by atoms with Gasteiger partial charge in [-0.05, 0) is 6.07 Å². The van der Waals surface area contributed by atoms with Crippen LogP contribution in [0.3, 0.4) is 0 Å². The van der Waals surface area contributed by atoms with E-state index in [1.165, 1.54) is 10.6 Å². The summed E-state index contributed by atoms with van der Waals surface area (Å²) >= 11 is 6.32. The molecule has 1 aromatic heterocycles. The van der Waals surface area contributed by atoms with Crippen LogP contribution in [0.15, 0.2) is 11.1 Å². The Morgan fingerprint density at radius 1 is 1.50 bits per heavy atom. The molecule has 0 radical (unpaired) electrons. The molecule has 1 aliphatic heterocycles. The third kappa shape index (κ3) is 1.59. The zero-order chi connectivity index (χ0) is 10.3. The highest BCUT2D eigenvalue weighted by Gasteiger charge is 2.34. The summed E-state index contributed by atoms with van der Waals surface area (Å²) in [6, 6.07) is 1.04. The summed E-state index contributed by atoms with van der Waals surface area (Å²) in [5.41, 5.74) is 0.374. The van der Waals surface area contributed by atoms with Gasteiger partial charge in [0.15, 0.2) is 0 Å². The average Bonchev–Trinajstić information content (AvgIpc) is 2.48. The van der Waals surface area contributed by atoms with Gasteiger partial charge in [0.25, 0.3) is 0 Å². The van der Waals surface area contributed by atoms with Crippen molar-refractivity contribution in [2.24, 2.45) is 4.99 Å². The van der Waals surface area contributed by atoms with Gasteiger partial charge in [0.2, 0.25) is 0 Å². The van der Waals surface area contributed by atoms with E-state index in [9.17, 15) is 13.2 Å². The number of rotatable bonds is 0. The fraction of sp³-hybridized carbons (Fsp3) is 0.286. The van der Waals surface area contributed by atoms with Gasteiger partial charge in [-0.3, -0.25) is 9.41 Å². The van der Waals surface area contributed by atoms with Crippen LogP contribution < -0.4 is 4.42 Å². The molecule has 2 rings (SSSR count). The summed E-state index contributed by atoms with van der Waals surface area (Å²) in [4.78, 5) is 3.60.